The molecular formula is C13H23NO3. The first-order valence-corrected chi connectivity index (χ1v) is 6.75. The molecule has 0 bridgehead atoms. The molecule has 0 aromatic heterocycles. The van der Waals surface area contributed by atoms with Crippen LogP contribution in [0.5, 0.6) is 0 Å². The summed E-state index contributed by atoms with van der Waals surface area (Å²) in [7, 11) is 0. The molecule has 2 fully saturated rings. The van der Waals surface area contributed by atoms with E-state index in [0.29, 0.717) is 44.9 Å². The molecule has 1 amide bonds. The molecule has 1 saturated heterocycles. The van der Waals surface area contributed by atoms with Gasteiger partial charge >= 0.3 is 0 Å². The highest BCUT2D eigenvalue weighted by Crippen LogP contribution is 2.27. The molecule has 1 saturated carbocycles. The number of hydrogen-bond donors (Lipinski definition) is 2. The third-order valence-corrected chi connectivity index (χ3v) is 3.99. The summed E-state index contributed by atoms with van der Waals surface area (Å²) in [6.45, 7) is 1.56. The van der Waals surface area contributed by atoms with Crippen LogP contribution in [-0.2, 0) is 9.53 Å². The summed E-state index contributed by atoms with van der Waals surface area (Å²) >= 11 is 0. The molecule has 17 heavy (non-hydrogen) atoms. The van der Waals surface area contributed by atoms with E-state index >= 15 is 0 Å². The van der Waals surface area contributed by atoms with Gasteiger partial charge in [0.25, 0.3) is 0 Å². The summed E-state index contributed by atoms with van der Waals surface area (Å²) in [5.74, 6) is 0.663. The molecule has 0 radical (unpaired) electrons. The van der Waals surface area contributed by atoms with Gasteiger partial charge in [-0.1, -0.05) is 12.8 Å². The monoisotopic (exact) mass is 241 g/mol. The minimum absolute atomic E-state index is 0.0943. The van der Waals surface area contributed by atoms with Crippen LogP contribution in [0.25, 0.3) is 0 Å². The number of nitrogens with one attached hydrogen (secondary N) is 1. The first kappa shape index (κ1) is 12.8. The van der Waals surface area contributed by atoms with E-state index in [1.54, 1.807) is 0 Å². The van der Waals surface area contributed by atoms with Crippen LogP contribution in [0.1, 0.15) is 44.9 Å². The highest BCUT2D eigenvalue weighted by Gasteiger charge is 2.30. The Labute approximate surface area is 103 Å². The third-order valence-electron chi connectivity index (χ3n) is 3.99. The zero-order chi connectivity index (χ0) is 12.1. The average Bonchev–Trinajstić information content (AvgIpc) is 2.80. The second-order valence-electron chi connectivity index (χ2n) is 5.47. The van der Waals surface area contributed by atoms with Gasteiger partial charge < -0.3 is 15.2 Å². The zero-order valence-corrected chi connectivity index (χ0v) is 10.4. The molecule has 0 spiro atoms. The molecule has 1 heterocycles. The molecule has 1 aliphatic heterocycles. The molecule has 2 N–H and O–H groups in total. The normalized spacial score (nSPS) is 24.8. The van der Waals surface area contributed by atoms with Gasteiger partial charge in [0.05, 0.1) is 5.60 Å². The highest BCUT2D eigenvalue weighted by atomic mass is 16.5. The summed E-state index contributed by atoms with van der Waals surface area (Å²) in [6, 6.07) is 0. The van der Waals surface area contributed by atoms with E-state index in [1.165, 1.54) is 25.7 Å². The molecule has 4 heteroatoms. The Morgan fingerprint density at radius 2 is 1.94 bits per heavy atom. The maximum atomic E-state index is 11.7. The second-order valence-corrected chi connectivity index (χ2v) is 5.47. The van der Waals surface area contributed by atoms with E-state index < -0.39 is 5.60 Å². The largest absolute Gasteiger partial charge is 0.388 e. The lowest BCUT2D eigenvalue weighted by Crippen LogP contribution is -2.46. The Bertz CT molecular complexity index is 255. The van der Waals surface area contributed by atoms with Crippen LogP contribution in [0.4, 0.5) is 0 Å². The first-order valence-electron chi connectivity index (χ1n) is 6.75. The molecule has 0 unspecified atom stereocenters. The van der Waals surface area contributed by atoms with Crippen LogP contribution in [-0.4, -0.2) is 36.4 Å². The highest BCUT2D eigenvalue weighted by molar-refractivity contribution is 5.76. The number of carbonyl (C=O) groups excluding carboxylic acids is 1. The van der Waals surface area contributed by atoms with E-state index in [2.05, 4.69) is 5.32 Å². The fourth-order valence-electron chi connectivity index (χ4n) is 2.74. The van der Waals surface area contributed by atoms with Crippen molar-refractivity contribution in [2.24, 2.45) is 5.92 Å². The van der Waals surface area contributed by atoms with Crippen LogP contribution >= 0.6 is 0 Å². The smallest absolute Gasteiger partial charge is 0.220 e. The molecule has 0 atom stereocenters. The summed E-state index contributed by atoms with van der Waals surface area (Å²) in [6.07, 6.45) is 6.77. The third kappa shape index (κ3) is 3.96. The van der Waals surface area contributed by atoms with Crippen molar-refractivity contribution in [2.75, 3.05) is 19.8 Å². The van der Waals surface area contributed by atoms with Crippen molar-refractivity contribution >= 4 is 5.91 Å². The van der Waals surface area contributed by atoms with Crippen LogP contribution in [0, 0.1) is 5.92 Å². The van der Waals surface area contributed by atoms with Crippen molar-refractivity contribution in [3.63, 3.8) is 0 Å². The first-order chi connectivity index (χ1) is 8.18. The predicted octanol–water partition coefficient (Wildman–Crippen LogP) is 1.22. The molecule has 1 aliphatic carbocycles. The standard InChI is InChI=1S/C13H23NO3/c15-12(9-11-3-1-2-4-11)14-10-13(16)5-7-17-8-6-13/h11,16H,1-10H2,(H,14,15). The fraction of sp³-hybridized carbons (Fsp3) is 0.923. The maximum absolute atomic E-state index is 11.7. The topological polar surface area (TPSA) is 58.6 Å². The van der Waals surface area contributed by atoms with Gasteiger partial charge in [0, 0.05) is 39.0 Å². The Balaban J connectivity index is 1.67. The Morgan fingerprint density at radius 3 is 2.59 bits per heavy atom. The van der Waals surface area contributed by atoms with Crippen LogP contribution in [0.15, 0.2) is 0 Å². The lowest BCUT2D eigenvalue weighted by molar-refractivity contribution is -0.124. The minimum atomic E-state index is -0.746. The molecule has 4 nitrogen and oxygen atoms in total. The average molecular weight is 241 g/mol. The van der Waals surface area contributed by atoms with Crippen molar-refractivity contribution in [2.45, 2.75) is 50.5 Å². The number of aliphatic hydroxyl groups is 1. The fourth-order valence-corrected chi connectivity index (χ4v) is 2.74. The number of hydrogen-bond acceptors (Lipinski definition) is 3. The van der Waals surface area contributed by atoms with Crippen molar-refractivity contribution < 1.29 is 14.6 Å². The van der Waals surface area contributed by atoms with Gasteiger partial charge in [-0.2, -0.15) is 0 Å². The second kappa shape index (κ2) is 5.83. The van der Waals surface area contributed by atoms with Gasteiger partial charge in [-0.15, -0.1) is 0 Å². The lowest BCUT2D eigenvalue weighted by Gasteiger charge is -2.32. The van der Waals surface area contributed by atoms with Crippen molar-refractivity contribution in [3.8, 4) is 0 Å². The van der Waals surface area contributed by atoms with Gasteiger partial charge in [0.15, 0.2) is 0 Å². The Hall–Kier alpha value is -0.610. The Morgan fingerprint density at radius 1 is 1.29 bits per heavy atom. The number of carbonyl (C=O) groups is 1. The lowest BCUT2D eigenvalue weighted by atomic mass is 9.94. The van der Waals surface area contributed by atoms with E-state index in [0.717, 1.165) is 0 Å². The molecule has 0 aromatic rings. The van der Waals surface area contributed by atoms with Crippen molar-refractivity contribution in [1.82, 2.24) is 5.32 Å². The summed E-state index contributed by atoms with van der Waals surface area (Å²) in [5.41, 5.74) is -0.746. The molecule has 0 aromatic carbocycles. The number of rotatable bonds is 4. The summed E-state index contributed by atoms with van der Waals surface area (Å²) < 4.78 is 5.21. The molecule has 98 valence electrons. The van der Waals surface area contributed by atoms with E-state index in [1.807, 2.05) is 0 Å². The van der Waals surface area contributed by atoms with E-state index in [4.69, 9.17) is 4.74 Å². The van der Waals surface area contributed by atoms with E-state index in [-0.39, 0.29) is 5.91 Å². The van der Waals surface area contributed by atoms with Gasteiger partial charge in [0.2, 0.25) is 5.91 Å². The molecular weight excluding hydrogens is 218 g/mol. The van der Waals surface area contributed by atoms with Crippen LogP contribution in [0.3, 0.4) is 0 Å². The summed E-state index contributed by atoms with van der Waals surface area (Å²) in [4.78, 5) is 11.7. The SMILES string of the molecule is O=C(CC1CCCC1)NCC1(O)CCOCC1. The van der Waals surface area contributed by atoms with E-state index in [9.17, 15) is 9.90 Å². The quantitative estimate of drug-likeness (QED) is 0.778. The number of ether oxygens (including phenoxy) is 1. The maximum Gasteiger partial charge on any atom is 0.220 e. The summed E-state index contributed by atoms with van der Waals surface area (Å²) in [5, 5.41) is 13.1. The minimum Gasteiger partial charge on any atom is -0.388 e. The van der Waals surface area contributed by atoms with Crippen LogP contribution in [0.2, 0.25) is 0 Å². The van der Waals surface area contributed by atoms with Crippen molar-refractivity contribution in [1.29, 1.82) is 0 Å². The van der Waals surface area contributed by atoms with Gasteiger partial charge in [0.1, 0.15) is 0 Å². The molecule has 2 rings (SSSR count). The Kier molecular flexibility index (Phi) is 4.40. The van der Waals surface area contributed by atoms with Gasteiger partial charge in [-0.3, -0.25) is 4.79 Å². The van der Waals surface area contributed by atoms with Crippen molar-refractivity contribution in [3.05, 3.63) is 0 Å². The van der Waals surface area contributed by atoms with Gasteiger partial charge in [-0.25, -0.2) is 0 Å². The number of amides is 1. The molecule has 2 aliphatic rings. The zero-order valence-electron chi connectivity index (χ0n) is 10.4. The van der Waals surface area contributed by atoms with Crippen LogP contribution < -0.4 is 5.32 Å². The van der Waals surface area contributed by atoms with Gasteiger partial charge in [-0.05, 0) is 18.8 Å². The predicted molar refractivity (Wildman–Crippen MR) is 64.6 cm³/mol.